The maximum atomic E-state index is 13.7. The van der Waals surface area contributed by atoms with Gasteiger partial charge in [0.15, 0.2) is 0 Å². The number of carbonyl (C=O) groups is 1. The molecule has 1 N–H and O–H groups in total. The van der Waals surface area contributed by atoms with Gasteiger partial charge in [0.25, 0.3) is 6.43 Å². The molecular formula is C15H13F4N3O2S. The van der Waals surface area contributed by atoms with E-state index in [1.165, 1.54) is 0 Å². The predicted octanol–water partition coefficient (Wildman–Crippen LogP) is 3.91. The number of halogens is 4. The number of aromatic nitrogens is 1. The lowest BCUT2D eigenvalue weighted by Gasteiger charge is -2.04. The van der Waals surface area contributed by atoms with Crippen LogP contribution in [0.5, 0.6) is 0 Å². The molecule has 0 aliphatic heterocycles. The van der Waals surface area contributed by atoms with E-state index in [-0.39, 0.29) is 18.6 Å². The summed E-state index contributed by atoms with van der Waals surface area (Å²) < 4.78 is 56.8. The number of esters is 1. The van der Waals surface area contributed by atoms with Crippen LogP contribution in [0.4, 0.5) is 22.7 Å². The first kappa shape index (κ1) is 18.8. The van der Waals surface area contributed by atoms with Crippen molar-refractivity contribution in [3.05, 3.63) is 46.0 Å². The first-order valence-electron chi connectivity index (χ1n) is 7.07. The number of hydrazone groups is 1. The summed E-state index contributed by atoms with van der Waals surface area (Å²) in [5.74, 6) is -2.66. The van der Waals surface area contributed by atoms with Gasteiger partial charge in [-0.2, -0.15) is 5.10 Å². The number of thiazole rings is 1. The number of ether oxygens (including phenoxy) is 1. The van der Waals surface area contributed by atoms with Crippen molar-refractivity contribution in [2.75, 3.05) is 12.0 Å². The average molecular weight is 375 g/mol. The normalized spacial score (nSPS) is 11.3. The number of benzene rings is 1. The molecule has 0 radical (unpaired) electrons. The lowest BCUT2D eigenvalue weighted by atomic mass is 10.1. The fourth-order valence-corrected chi connectivity index (χ4v) is 2.46. The Kier molecular flexibility index (Phi) is 6.45. The molecule has 0 bridgehead atoms. The van der Waals surface area contributed by atoms with E-state index in [0.29, 0.717) is 23.0 Å². The second-order valence-corrected chi connectivity index (χ2v) is 5.55. The van der Waals surface area contributed by atoms with Crippen LogP contribution in [-0.2, 0) is 16.0 Å². The maximum Gasteiger partial charge on any atom is 0.311 e. The largest absolute Gasteiger partial charge is 0.466 e. The third-order valence-electron chi connectivity index (χ3n) is 2.90. The zero-order chi connectivity index (χ0) is 18.4. The fourth-order valence-electron chi connectivity index (χ4n) is 1.80. The third-order valence-corrected chi connectivity index (χ3v) is 3.69. The van der Waals surface area contributed by atoms with Crippen molar-refractivity contribution in [1.29, 1.82) is 0 Å². The van der Waals surface area contributed by atoms with Crippen molar-refractivity contribution >= 4 is 28.7 Å². The lowest BCUT2D eigenvalue weighted by Crippen LogP contribution is -2.07. The summed E-state index contributed by atoms with van der Waals surface area (Å²) in [6, 6.07) is 1.07. The third kappa shape index (κ3) is 5.24. The van der Waals surface area contributed by atoms with Crippen LogP contribution in [0, 0.1) is 11.6 Å². The number of carbonyl (C=O) groups excluding carboxylic acids is 1. The van der Waals surface area contributed by atoms with Crippen LogP contribution in [0.25, 0.3) is 0 Å². The van der Waals surface area contributed by atoms with Crippen molar-refractivity contribution in [3.8, 4) is 0 Å². The summed E-state index contributed by atoms with van der Waals surface area (Å²) in [5, 5.41) is 5.62. The number of nitrogens with zero attached hydrogens (tertiary/aromatic N) is 2. The van der Waals surface area contributed by atoms with Gasteiger partial charge in [-0.05, 0) is 19.1 Å². The molecule has 0 saturated carbocycles. The Balaban J connectivity index is 2.01. The Hall–Kier alpha value is -2.49. The minimum Gasteiger partial charge on any atom is -0.466 e. The minimum atomic E-state index is -3.10. The predicted molar refractivity (Wildman–Crippen MR) is 85.0 cm³/mol. The Labute approximate surface area is 144 Å². The van der Waals surface area contributed by atoms with Gasteiger partial charge >= 0.3 is 5.97 Å². The van der Waals surface area contributed by atoms with Crippen molar-refractivity contribution in [2.24, 2.45) is 5.10 Å². The molecule has 25 heavy (non-hydrogen) atoms. The number of alkyl halides is 2. The average Bonchev–Trinajstić information content (AvgIpc) is 2.97. The monoisotopic (exact) mass is 375 g/mol. The summed E-state index contributed by atoms with van der Waals surface area (Å²) in [7, 11) is 0. The van der Waals surface area contributed by atoms with E-state index in [1.54, 1.807) is 12.3 Å². The Bertz CT molecular complexity index is 780. The SMILES string of the molecule is CCOC(=O)Cc1csc(NN=Cc2cc(F)c(C(F)F)cc2F)n1. The van der Waals surface area contributed by atoms with E-state index >= 15 is 0 Å². The summed E-state index contributed by atoms with van der Waals surface area (Å²) >= 11 is 1.15. The molecule has 0 aliphatic rings. The van der Waals surface area contributed by atoms with Gasteiger partial charge in [0.05, 0.1) is 30.5 Å². The number of hydrogen-bond acceptors (Lipinski definition) is 6. The van der Waals surface area contributed by atoms with Crippen molar-refractivity contribution < 1.29 is 27.1 Å². The molecule has 0 saturated heterocycles. The van der Waals surface area contributed by atoms with Crippen LogP contribution in [0.2, 0.25) is 0 Å². The maximum absolute atomic E-state index is 13.7. The highest BCUT2D eigenvalue weighted by atomic mass is 32.1. The molecule has 5 nitrogen and oxygen atoms in total. The van der Waals surface area contributed by atoms with Gasteiger partial charge < -0.3 is 4.74 Å². The van der Waals surface area contributed by atoms with Gasteiger partial charge in [-0.15, -0.1) is 11.3 Å². The molecule has 0 unspecified atom stereocenters. The van der Waals surface area contributed by atoms with Gasteiger partial charge in [-0.25, -0.2) is 22.5 Å². The molecule has 0 aliphatic carbocycles. The first-order valence-corrected chi connectivity index (χ1v) is 7.94. The number of rotatable bonds is 7. The van der Waals surface area contributed by atoms with Gasteiger partial charge in [0.2, 0.25) is 5.13 Å². The van der Waals surface area contributed by atoms with Crippen LogP contribution in [-0.4, -0.2) is 23.8 Å². The van der Waals surface area contributed by atoms with Crippen LogP contribution < -0.4 is 5.43 Å². The number of nitrogens with one attached hydrogen (secondary N) is 1. The molecule has 134 valence electrons. The molecule has 0 fully saturated rings. The van der Waals surface area contributed by atoms with Crippen LogP contribution in [0.15, 0.2) is 22.6 Å². The van der Waals surface area contributed by atoms with Gasteiger partial charge in [-0.3, -0.25) is 10.2 Å². The minimum absolute atomic E-state index is 0.00463. The molecule has 2 rings (SSSR count). The molecule has 0 atom stereocenters. The summed E-state index contributed by atoms with van der Waals surface area (Å²) in [5.41, 5.74) is 1.66. The highest BCUT2D eigenvalue weighted by Crippen LogP contribution is 2.24. The smallest absolute Gasteiger partial charge is 0.311 e. The standard InChI is InChI=1S/C15H13F4N3O2S/c1-2-24-13(23)4-9-7-25-15(21-9)22-20-6-8-3-12(17)10(14(18)19)5-11(8)16/h3,5-7,14H,2,4H2,1H3,(H,21,22). The van der Waals surface area contributed by atoms with Crippen LogP contribution >= 0.6 is 11.3 Å². The van der Waals surface area contributed by atoms with Crippen molar-refractivity contribution in [2.45, 2.75) is 19.8 Å². The second-order valence-electron chi connectivity index (χ2n) is 4.69. The highest BCUT2D eigenvalue weighted by Gasteiger charge is 2.16. The molecule has 2 aromatic rings. The lowest BCUT2D eigenvalue weighted by molar-refractivity contribution is -0.142. The Morgan fingerprint density at radius 2 is 2.16 bits per heavy atom. The zero-order valence-electron chi connectivity index (χ0n) is 12.9. The van der Waals surface area contributed by atoms with Crippen molar-refractivity contribution in [1.82, 2.24) is 4.98 Å². The van der Waals surface area contributed by atoms with Crippen molar-refractivity contribution in [3.63, 3.8) is 0 Å². The van der Waals surface area contributed by atoms with Gasteiger partial charge in [0.1, 0.15) is 11.6 Å². The van der Waals surface area contributed by atoms with E-state index in [0.717, 1.165) is 17.6 Å². The molecule has 1 heterocycles. The Morgan fingerprint density at radius 3 is 2.84 bits per heavy atom. The number of hydrogen-bond donors (Lipinski definition) is 1. The zero-order valence-corrected chi connectivity index (χ0v) is 13.7. The molecular weight excluding hydrogens is 362 g/mol. The van der Waals surface area contributed by atoms with Gasteiger partial charge in [0, 0.05) is 10.9 Å². The molecule has 10 heteroatoms. The summed E-state index contributed by atoms with van der Waals surface area (Å²) in [6.07, 6.45) is -2.16. The number of anilines is 1. The molecule has 0 amide bonds. The van der Waals surface area contributed by atoms with Crippen LogP contribution in [0.3, 0.4) is 0 Å². The van der Waals surface area contributed by atoms with E-state index in [4.69, 9.17) is 4.74 Å². The van der Waals surface area contributed by atoms with Gasteiger partial charge in [-0.1, -0.05) is 0 Å². The first-order chi connectivity index (χ1) is 11.9. The van der Waals surface area contributed by atoms with Crippen LogP contribution in [0.1, 0.15) is 30.2 Å². The topological polar surface area (TPSA) is 63.6 Å². The van der Waals surface area contributed by atoms with E-state index in [2.05, 4.69) is 15.5 Å². The van der Waals surface area contributed by atoms with E-state index in [1.807, 2.05) is 0 Å². The molecule has 1 aromatic carbocycles. The highest BCUT2D eigenvalue weighted by molar-refractivity contribution is 7.13. The molecule has 0 spiro atoms. The van der Waals surface area contributed by atoms with E-state index in [9.17, 15) is 22.4 Å². The second kappa shape index (κ2) is 8.56. The quantitative estimate of drug-likeness (QED) is 0.345. The summed E-state index contributed by atoms with van der Waals surface area (Å²) in [4.78, 5) is 15.4. The Morgan fingerprint density at radius 1 is 1.40 bits per heavy atom. The summed E-state index contributed by atoms with van der Waals surface area (Å²) in [6.45, 7) is 1.96. The van der Waals surface area contributed by atoms with E-state index < -0.39 is 29.6 Å². The molecule has 1 aromatic heterocycles. The fraction of sp³-hybridized carbons (Fsp3) is 0.267.